The zero-order valence-electron chi connectivity index (χ0n) is 12.0. The predicted octanol–water partition coefficient (Wildman–Crippen LogP) is 2.49. The maximum absolute atomic E-state index is 4.66. The van der Waals surface area contributed by atoms with Gasteiger partial charge in [-0.15, -0.1) is 0 Å². The van der Waals surface area contributed by atoms with Crippen LogP contribution in [-0.2, 0) is 5.41 Å². The molecule has 3 nitrogen and oxygen atoms in total. The molecule has 2 aromatic rings. The van der Waals surface area contributed by atoms with E-state index < -0.39 is 0 Å². The Balaban J connectivity index is 1.30. The van der Waals surface area contributed by atoms with Crippen molar-refractivity contribution in [2.75, 3.05) is 25.4 Å². The smallest absolute Gasteiger partial charge is 0.135 e. The van der Waals surface area contributed by atoms with Crippen molar-refractivity contribution in [2.45, 2.75) is 10.4 Å². The van der Waals surface area contributed by atoms with E-state index in [1.54, 1.807) is 11.8 Å². The Kier molecular flexibility index (Phi) is 2.88. The van der Waals surface area contributed by atoms with Gasteiger partial charge in [-0.2, -0.15) is 8.75 Å². The SMILES string of the molecule is C(#Cc1ccccc1)CSc1nsnc1C12CN3CC1C2C3. The number of hydrogen-bond acceptors (Lipinski definition) is 5. The lowest BCUT2D eigenvalue weighted by Crippen LogP contribution is -2.16. The molecule has 4 aliphatic rings. The molecule has 2 atom stereocenters. The van der Waals surface area contributed by atoms with Gasteiger partial charge in [0.15, 0.2) is 0 Å². The van der Waals surface area contributed by atoms with E-state index in [2.05, 4.69) is 25.5 Å². The highest BCUT2D eigenvalue weighted by molar-refractivity contribution is 7.99. The van der Waals surface area contributed by atoms with Gasteiger partial charge in [-0.25, -0.2) is 0 Å². The van der Waals surface area contributed by atoms with Gasteiger partial charge >= 0.3 is 0 Å². The van der Waals surface area contributed by atoms with Crippen molar-refractivity contribution in [1.29, 1.82) is 0 Å². The molecule has 1 aromatic heterocycles. The van der Waals surface area contributed by atoms with Gasteiger partial charge in [-0.05, 0) is 24.0 Å². The van der Waals surface area contributed by atoms with Crippen molar-refractivity contribution in [1.82, 2.24) is 13.6 Å². The Bertz CT molecular complexity index is 762. The van der Waals surface area contributed by atoms with Crippen LogP contribution in [0.5, 0.6) is 0 Å². The van der Waals surface area contributed by atoms with Crippen LogP contribution in [0.2, 0.25) is 0 Å². The van der Waals surface area contributed by atoms with Gasteiger partial charge in [0.05, 0.1) is 23.2 Å². The molecule has 22 heavy (non-hydrogen) atoms. The molecule has 0 spiro atoms. The standard InChI is InChI=1S/C17H15N3S2/c1-2-5-12(6-3-1)7-4-8-21-16-15(18-22-19-16)17-11-20-9-13(17)14(17)10-20/h1-3,5-6,13-14H,8-11H2. The summed E-state index contributed by atoms with van der Waals surface area (Å²) in [7, 11) is 0. The highest BCUT2D eigenvalue weighted by atomic mass is 32.2. The molecule has 2 unspecified atom stereocenters. The van der Waals surface area contributed by atoms with Crippen LogP contribution in [0.4, 0.5) is 0 Å². The van der Waals surface area contributed by atoms with Crippen molar-refractivity contribution >= 4 is 23.5 Å². The molecule has 4 heterocycles. The van der Waals surface area contributed by atoms with E-state index in [4.69, 9.17) is 0 Å². The Morgan fingerprint density at radius 2 is 2.05 bits per heavy atom. The van der Waals surface area contributed by atoms with Crippen molar-refractivity contribution in [3.63, 3.8) is 0 Å². The third-order valence-electron chi connectivity index (χ3n) is 5.28. The quantitative estimate of drug-likeness (QED) is 0.640. The van der Waals surface area contributed by atoms with Crippen LogP contribution >= 0.6 is 23.5 Å². The van der Waals surface area contributed by atoms with Crippen molar-refractivity contribution < 1.29 is 0 Å². The number of hydrogen-bond donors (Lipinski definition) is 0. The fourth-order valence-electron chi connectivity index (χ4n) is 4.30. The normalized spacial score (nSPS) is 33.5. The molecule has 110 valence electrons. The van der Waals surface area contributed by atoms with Gasteiger partial charge in [0.1, 0.15) is 5.03 Å². The minimum atomic E-state index is 0.363. The lowest BCUT2D eigenvalue weighted by atomic mass is 10.0. The van der Waals surface area contributed by atoms with Gasteiger partial charge in [-0.3, -0.25) is 0 Å². The van der Waals surface area contributed by atoms with Crippen LogP contribution in [0.15, 0.2) is 35.4 Å². The van der Waals surface area contributed by atoms with E-state index in [9.17, 15) is 0 Å². The molecule has 3 saturated heterocycles. The maximum Gasteiger partial charge on any atom is 0.135 e. The second-order valence-electron chi connectivity index (χ2n) is 6.32. The largest absolute Gasteiger partial charge is 0.302 e. The maximum atomic E-state index is 4.66. The second kappa shape index (κ2) is 4.82. The van der Waals surface area contributed by atoms with Gasteiger partial charge < -0.3 is 4.90 Å². The summed E-state index contributed by atoms with van der Waals surface area (Å²) >= 11 is 3.12. The average molecular weight is 325 g/mol. The molecule has 3 aliphatic heterocycles. The summed E-state index contributed by atoms with van der Waals surface area (Å²) in [6, 6.07) is 10.1. The van der Waals surface area contributed by atoms with Crippen LogP contribution in [0.3, 0.4) is 0 Å². The van der Waals surface area contributed by atoms with Crippen molar-refractivity contribution in [3.8, 4) is 11.8 Å². The number of nitrogens with zero attached hydrogens (tertiary/aromatic N) is 3. The first-order valence-electron chi connectivity index (χ1n) is 7.60. The zero-order chi connectivity index (χ0) is 14.6. The summed E-state index contributed by atoms with van der Waals surface area (Å²) in [5.74, 6) is 8.94. The van der Waals surface area contributed by atoms with Gasteiger partial charge in [0.2, 0.25) is 0 Å². The lowest BCUT2D eigenvalue weighted by molar-refractivity contribution is 0.405. The summed E-state index contributed by atoms with van der Waals surface area (Å²) in [5.41, 5.74) is 2.71. The topological polar surface area (TPSA) is 29.0 Å². The first kappa shape index (κ1) is 13.1. The number of benzene rings is 1. The summed E-state index contributed by atoms with van der Waals surface area (Å²) < 4.78 is 9.20. The summed E-state index contributed by atoms with van der Waals surface area (Å²) in [4.78, 5) is 2.58. The third kappa shape index (κ3) is 1.81. The molecule has 1 aromatic carbocycles. The van der Waals surface area contributed by atoms with Crippen molar-refractivity contribution in [3.05, 3.63) is 41.6 Å². The number of rotatable bonds is 3. The molecule has 5 heteroatoms. The van der Waals surface area contributed by atoms with E-state index in [-0.39, 0.29) is 0 Å². The molecule has 1 aliphatic carbocycles. The molecule has 6 rings (SSSR count). The summed E-state index contributed by atoms with van der Waals surface area (Å²) in [6.07, 6.45) is 0. The Morgan fingerprint density at radius 1 is 1.23 bits per heavy atom. The predicted molar refractivity (Wildman–Crippen MR) is 89.1 cm³/mol. The average Bonchev–Trinajstić information content (AvgIpc) is 3.15. The number of piperidine rings is 3. The highest BCUT2D eigenvalue weighted by Gasteiger charge is 2.76. The lowest BCUT2D eigenvalue weighted by Gasteiger charge is -2.08. The second-order valence-corrected chi connectivity index (χ2v) is 7.81. The Labute approximate surface area is 138 Å². The molecule has 4 fully saturated rings. The van der Waals surface area contributed by atoms with Gasteiger partial charge in [0.25, 0.3) is 0 Å². The first-order chi connectivity index (χ1) is 10.9. The molecule has 4 bridgehead atoms. The van der Waals surface area contributed by atoms with E-state index >= 15 is 0 Å². The molecular formula is C17H15N3S2. The fourth-order valence-corrected chi connectivity index (χ4v) is 5.86. The summed E-state index contributed by atoms with van der Waals surface area (Å²) in [5, 5.41) is 1.13. The molecular weight excluding hydrogens is 310 g/mol. The monoisotopic (exact) mass is 325 g/mol. The van der Waals surface area contributed by atoms with Gasteiger partial charge in [-0.1, -0.05) is 41.8 Å². The Morgan fingerprint density at radius 3 is 2.77 bits per heavy atom. The van der Waals surface area contributed by atoms with Crippen LogP contribution in [0, 0.1) is 23.7 Å². The van der Waals surface area contributed by atoms with E-state index in [1.807, 2.05) is 30.3 Å². The van der Waals surface area contributed by atoms with Crippen LogP contribution in [0.1, 0.15) is 11.3 Å². The zero-order valence-corrected chi connectivity index (χ0v) is 13.7. The molecule has 0 radical (unpaired) electrons. The van der Waals surface area contributed by atoms with Crippen molar-refractivity contribution in [2.24, 2.45) is 11.8 Å². The third-order valence-corrected chi connectivity index (χ3v) is 6.77. The summed E-state index contributed by atoms with van der Waals surface area (Å²) in [6.45, 7) is 3.76. The van der Waals surface area contributed by atoms with E-state index in [0.29, 0.717) is 5.41 Å². The van der Waals surface area contributed by atoms with Crippen LogP contribution in [-0.4, -0.2) is 39.0 Å². The molecule has 0 amide bonds. The number of aromatic nitrogens is 2. The first-order valence-corrected chi connectivity index (χ1v) is 9.31. The van der Waals surface area contributed by atoms with Crippen LogP contribution in [0.25, 0.3) is 0 Å². The minimum Gasteiger partial charge on any atom is -0.302 e. The minimum absolute atomic E-state index is 0.363. The number of thioether (sulfide) groups is 1. The molecule has 1 saturated carbocycles. The fraction of sp³-hybridized carbons (Fsp3) is 0.412. The molecule has 0 N–H and O–H groups in total. The van der Waals surface area contributed by atoms with E-state index in [0.717, 1.165) is 28.2 Å². The van der Waals surface area contributed by atoms with E-state index in [1.165, 1.54) is 37.1 Å². The highest BCUT2D eigenvalue weighted by Crippen LogP contribution is 2.69. The van der Waals surface area contributed by atoms with Gasteiger partial charge in [0, 0.05) is 30.6 Å². The van der Waals surface area contributed by atoms with Crippen LogP contribution < -0.4 is 0 Å². The Hall–Kier alpha value is -1.35.